The number of nitrogens with one attached hydrogen (secondary N) is 1. The highest BCUT2D eigenvalue weighted by atomic mass is 79.9. The van der Waals surface area contributed by atoms with Crippen molar-refractivity contribution in [1.29, 1.82) is 0 Å². The molecule has 0 unspecified atom stereocenters. The topological polar surface area (TPSA) is 41.0 Å². The fraction of sp³-hybridized carbons (Fsp3) is 0.364. The Hall–Kier alpha value is -0.780. The fourth-order valence-corrected chi connectivity index (χ4v) is 2.00. The molecule has 0 aliphatic rings. The summed E-state index contributed by atoms with van der Waals surface area (Å²) in [6.45, 7) is 1.54. The van der Waals surface area contributed by atoms with Crippen LogP contribution in [0.5, 0.6) is 0 Å². The Balaban J connectivity index is 0.00000144. The molecule has 1 heterocycles. The van der Waals surface area contributed by atoms with E-state index < -0.39 is 0 Å². The maximum Gasteiger partial charge on any atom is 0.326 e. The number of benzene rings is 1. The Bertz CT molecular complexity index is 561. The third kappa shape index (κ3) is 3.12. The molecule has 1 N–H and O–H groups in total. The summed E-state index contributed by atoms with van der Waals surface area (Å²) < 4.78 is 2.75. The number of likely N-dealkylation sites (N-methyl/N-ethyl adjacent to an activating group) is 1. The van der Waals surface area contributed by atoms with Gasteiger partial charge in [0.25, 0.3) is 0 Å². The molecule has 1 aromatic carbocycles. The molecule has 2 rings (SSSR count). The average Bonchev–Trinajstić information content (AvgIpc) is 2.51. The number of fused-ring (bicyclic) bond motifs is 1. The van der Waals surface area contributed by atoms with E-state index in [2.05, 4.69) is 25.8 Å². The van der Waals surface area contributed by atoms with Gasteiger partial charge in [-0.3, -0.25) is 4.57 Å². The van der Waals surface area contributed by atoms with Gasteiger partial charge in [0.1, 0.15) is 0 Å². The monoisotopic (exact) mass is 319 g/mol. The Morgan fingerprint density at radius 2 is 2.12 bits per heavy atom. The van der Waals surface area contributed by atoms with E-state index in [1.54, 1.807) is 4.57 Å². The lowest BCUT2D eigenvalue weighted by Crippen LogP contribution is -2.24. The van der Waals surface area contributed by atoms with Crippen molar-refractivity contribution in [3.63, 3.8) is 0 Å². The zero-order valence-corrected chi connectivity index (χ0v) is 12.1. The minimum Gasteiger partial charge on any atom is -0.308 e. The molecule has 0 fully saturated rings. The van der Waals surface area contributed by atoms with Crippen LogP contribution in [0, 0.1) is 0 Å². The van der Waals surface area contributed by atoms with Crippen LogP contribution in [-0.2, 0) is 6.54 Å². The molecule has 0 amide bonds. The van der Waals surface area contributed by atoms with Gasteiger partial charge in [-0.25, -0.2) is 4.79 Å². The molecular weight excluding hydrogens is 305 g/mol. The van der Waals surface area contributed by atoms with Crippen LogP contribution in [0.4, 0.5) is 0 Å². The van der Waals surface area contributed by atoms with Crippen LogP contribution in [0.1, 0.15) is 0 Å². The molecule has 4 nitrogen and oxygen atoms in total. The van der Waals surface area contributed by atoms with E-state index in [0.29, 0.717) is 6.54 Å². The Kier molecular flexibility index (Phi) is 4.80. The van der Waals surface area contributed by atoms with Gasteiger partial charge in [-0.1, -0.05) is 15.9 Å². The summed E-state index contributed by atoms with van der Waals surface area (Å²) in [7, 11) is 3.99. The summed E-state index contributed by atoms with van der Waals surface area (Å²) >= 11 is 3.42. The highest BCUT2D eigenvalue weighted by Crippen LogP contribution is 2.17. The molecule has 0 radical (unpaired) electrons. The molecular formula is C11H15BrClN3O. The number of imidazole rings is 1. The first-order chi connectivity index (χ1) is 7.58. The van der Waals surface area contributed by atoms with Crippen LogP contribution in [0.3, 0.4) is 0 Å². The minimum atomic E-state index is -0.0463. The van der Waals surface area contributed by atoms with Crippen LogP contribution in [0.25, 0.3) is 11.0 Å². The quantitative estimate of drug-likeness (QED) is 0.940. The molecule has 0 spiro atoms. The molecule has 0 atom stereocenters. The lowest BCUT2D eigenvalue weighted by Gasteiger charge is -2.09. The van der Waals surface area contributed by atoms with E-state index in [4.69, 9.17) is 0 Å². The second-order valence-corrected chi connectivity index (χ2v) is 4.96. The van der Waals surface area contributed by atoms with E-state index in [0.717, 1.165) is 22.1 Å². The fourth-order valence-electron chi connectivity index (χ4n) is 1.65. The van der Waals surface area contributed by atoms with Crippen molar-refractivity contribution >= 4 is 39.4 Å². The van der Waals surface area contributed by atoms with Gasteiger partial charge in [-0.05, 0) is 32.3 Å². The van der Waals surface area contributed by atoms with Crippen LogP contribution < -0.4 is 5.69 Å². The lowest BCUT2D eigenvalue weighted by molar-refractivity contribution is 0.384. The van der Waals surface area contributed by atoms with Gasteiger partial charge in [0, 0.05) is 17.6 Å². The van der Waals surface area contributed by atoms with Crippen molar-refractivity contribution < 1.29 is 0 Å². The highest BCUT2D eigenvalue weighted by Gasteiger charge is 2.06. The largest absolute Gasteiger partial charge is 0.326 e. The molecule has 1 aromatic heterocycles. The van der Waals surface area contributed by atoms with Crippen molar-refractivity contribution in [3.05, 3.63) is 33.2 Å². The van der Waals surface area contributed by atoms with Crippen LogP contribution >= 0.6 is 28.3 Å². The summed E-state index contributed by atoms with van der Waals surface area (Å²) in [5, 5.41) is 0. The van der Waals surface area contributed by atoms with E-state index >= 15 is 0 Å². The molecule has 0 saturated heterocycles. The molecule has 0 bridgehead atoms. The molecule has 2 aromatic rings. The van der Waals surface area contributed by atoms with Gasteiger partial charge in [0.05, 0.1) is 11.0 Å². The Labute approximate surface area is 114 Å². The Morgan fingerprint density at radius 1 is 1.41 bits per heavy atom. The summed E-state index contributed by atoms with van der Waals surface area (Å²) in [5.74, 6) is 0. The summed E-state index contributed by atoms with van der Waals surface area (Å²) in [4.78, 5) is 16.6. The van der Waals surface area contributed by atoms with Gasteiger partial charge in [-0.15, -0.1) is 12.4 Å². The van der Waals surface area contributed by atoms with E-state index in [1.807, 2.05) is 32.3 Å². The maximum atomic E-state index is 11.7. The first-order valence-corrected chi connectivity index (χ1v) is 5.90. The van der Waals surface area contributed by atoms with E-state index in [1.165, 1.54) is 0 Å². The van der Waals surface area contributed by atoms with E-state index in [-0.39, 0.29) is 18.1 Å². The summed E-state index contributed by atoms with van der Waals surface area (Å²) in [6, 6.07) is 5.80. The molecule has 0 saturated carbocycles. The normalized spacial score (nSPS) is 10.8. The molecule has 17 heavy (non-hydrogen) atoms. The number of hydrogen-bond acceptors (Lipinski definition) is 2. The first kappa shape index (κ1) is 14.3. The van der Waals surface area contributed by atoms with Crippen LogP contribution in [0.2, 0.25) is 0 Å². The number of H-pyrrole nitrogens is 1. The first-order valence-electron chi connectivity index (χ1n) is 5.11. The number of rotatable bonds is 3. The number of hydrogen-bond donors (Lipinski definition) is 1. The van der Waals surface area contributed by atoms with Crippen molar-refractivity contribution in [2.45, 2.75) is 6.54 Å². The zero-order chi connectivity index (χ0) is 11.7. The number of aromatic nitrogens is 2. The van der Waals surface area contributed by atoms with Gasteiger partial charge in [0.2, 0.25) is 0 Å². The van der Waals surface area contributed by atoms with Crippen LogP contribution in [-0.4, -0.2) is 35.1 Å². The number of halogens is 2. The second kappa shape index (κ2) is 5.71. The molecule has 6 heteroatoms. The summed E-state index contributed by atoms with van der Waals surface area (Å²) in [5.41, 5.74) is 1.78. The molecule has 0 aliphatic carbocycles. The SMILES string of the molecule is CN(C)CCn1c(=O)[nH]c2ccc(Br)cc21.Cl. The zero-order valence-electron chi connectivity index (χ0n) is 9.74. The highest BCUT2D eigenvalue weighted by molar-refractivity contribution is 9.10. The van der Waals surface area contributed by atoms with Crippen molar-refractivity contribution in [2.24, 2.45) is 0 Å². The standard InChI is InChI=1S/C11H14BrN3O.ClH/c1-14(2)5-6-15-10-7-8(12)3-4-9(10)13-11(15)16;/h3-4,7H,5-6H2,1-2H3,(H,13,16);1H. The predicted octanol–water partition coefficient (Wildman–Crippen LogP) is 2.08. The van der Waals surface area contributed by atoms with Crippen LogP contribution in [0.15, 0.2) is 27.5 Å². The minimum absolute atomic E-state index is 0. The van der Waals surface area contributed by atoms with Gasteiger partial charge in [-0.2, -0.15) is 0 Å². The van der Waals surface area contributed by atoms with Crippen molar-refractivity contribution in [1.82, 2.24) is 14.5 Å². The second-order valence-electron chi connectivity index (χ2n) is 4.05. The van der Waals surface area contributed by atoms with Gasteiger partial charge in [0.15, 0.2) is 0 Å². The van der Waals surface area contributed by atoms with E-state index in [9.17, 15) is 4.79 Å². The third-order valence-corrected chi connectivity index (χ3v) is 3.00. The average molecular weight is 321 g/mol. The van der Waals surface area contributed by atoms with Crippen molar-refractivity contribution in [3.8, 4) is 0 Å². The third-order valence-electron chi connectivity index (χ3n) is 2.51. The lowest BCUT2D eigenvalue weighted by atomic mass is 10.3. The smallest absolute Gasteiger partial charge is 0.308 e. The molecule has 94 valence electrons. The van der Waals surface area contributed by atoms with Gasteiger partial charge >= 0.3 is 5.69 Å². The maximum absolute atomic E-state index is 11.7. The Morgan fingerprint density at radius 3 is 2.76 bits per heavy atom. The van der Waals surface area contributed by atoms with Gasteiger partial charge < -0.3 is 9.88 Å². The predicted molar refractivity (Wildman–Crippen MR) is 76.1 cm³/mol. The van der Waals surface area contributed by atoms with Crippen molar-refractivity contribution in [2.75, 3.05) is 20.6 Å². The number of nitrogens with zero attached hydrogens (tertiary/aromatic N) is 2. The summed E-state index contributed by atoms with van der Waals surface area (Å²) in [6.07, 6.45) is 0. The number of aromatic amines is 1. The molecule has 0 aliphatic heterocycles.